The number of rotatable bonds is 4. The lowest BCUT2D eigenvalue weighted by molar-refractivity contribution is -0.159. The van der Waals surface area contributed by atoms with Gasteiger partial charge in [-0.25, -0.2) is 0 Å². The number of benzene rings is 1. The molecular formula is C16H20O4. The van der Waals surface area contributed by atoms with Gasteiger partial charge in [-0.1, -0.05) is 30.3 Å². The normalized spacial score (nSPS) is 31.4. The first-order chi connectivity index (χ1) is 9.64. The summed E-state index contributed by atoms with van der Waals surface area (Å²) in [6.07, 6.45) is 3.29. The highest BCUT2D eigenvalue weighted by Crippen LogP contribution is 2.30. The van der Waals surface area contributed by atoms with E-state index in [1.807, 2.05) is 50.3 Å². The van der Waals surface area contributed by atoms with Gasteiger partial charge in [0.1, 0.15) is 12.2 Å². The molecule has 108 valence electrons. The molecule has 2 heterocycles. The highest BCUT2D eigenvalue weighted by molar-refractivity contribution is 5.14. The van der Waals surface area contributed by atoms with Crippen molar-refractivity contribution in [2.24, 2.45) is 0 Å². The van der Waals surface area contributed by atoms with Gasteiger partial charge in [-0.05, 0) is 25.5 Å². The first-order valence-corrected chi connectivity index (χ1v) is 6.93. The molecule has 0 radical (unpaired) electrons. The molecule has 0 bridgehead atoms. The molecule has 4 nitrogen and oxygen atoms in total. The minimum absolute atomic E-state index is 0.0965. The van der Waals surface area contributed by atoms with Gasteiger partial charge in [0.05, 0.1) is 19.5 Å². The molecule has 1 saturated heterocycles. The largest absolute Gasteiger partial charge is 0.492 e. The molecule has 3 rings (SSSR count). The Morgan fingerprint density at radius 1 is 1.25 bits per heavy atom. The molecule has 0 aromatic heterocycles. The summed E-state index contributed by atoms with van der Waals surface area (Å²) in [6, 6.07) is 10.1. The van der Waals surface area contributed by atoms with E-state index in [1.54, 1.807) is 6.26 Å². The highest BCUT2D eigenvalue weighted by Gasteiger charge is 2.42. The summed E-state index contributed by atoms with van der Waals surface area (Å²) in [4.78, 5) is 0. The van der Waals surface area contributed by atoms with Crippen LogP contribution in [0.25, 0.3) is 0 Å². The molecule has 0 amide bonds. The molecule has 1 fully saturated rings. The van der Waals surface area contributed by atoms with Crippen LogP contribution in [0, 0.1) is 0 Å². The fourth-order valence-corrected chi connectivity index (χ4v) is 2.49. The molecule has 0 saturated carbocycles. The van der Waals surface area contributed by atoms with Crippen molar-refractivity contribution in [3.8, 4) is 0 Å². The third kappa shape index (κ3) is 3.03. The van der Waals surface area contributed by atoms with Crippen molar-refractivity contribution in [2.75, 3.05) is 6.61 Å². The summed E-state index contributed by atoms with van der Waals surface area (Å²) < 4.78 is 23.0. The van der Waals surface area contributed by atoms with E-state index < -0.39 is 5.79 Å². The Kier molecular flexibility index (Phi) is 3.78. The fourth-order valence-electron chi connectivity index (χ4n) is 2.49. The highest BCUT2D eigenvalue weighted by atomic mass is 16.8. The van der Waals surface area contributed by atoms with Gasteiger partial charge in [0.25, 0.3) is 0 Å². The monoisotopic (exact) mass is 276 g/mol. The second-order valence-electron chi connectivity index (χ2n) is 5.56. The molecule has 0 aliphatic carbocycles. The summed E-state index contributed by atoms with van der Waals surface area (Å²) in [5.74, 6) is -0.541. The Morgan fingerprint density at radius 3 is 2.75 bits per heavy atom. The van der Waals surface area contributed by atoms with Crippen molar-refractivity contribution < 1.29 is 18.9 Å². The van der Waals surface area contributed by atoms with Crippen molar-refractivity contribution in [1.29, 1.82) is 0 Å². The quantitative estimate of drug-likeness (QED) is 0.847. The maximum atomic E-state index is 5.93. The average Bonchev–Trinajstić information content (AvgIpc) is 3.03. The van der Waals surface area contributed by atoms with Crippen LogP contribution in [0.15, 0.2) is 42.7 Å². The fraction of sp³-hybridized carbons (Fsp3) is 0.500. The minimum Gasteiger partial charge on any atom is -0.492 e. The molecule has 0 spiro atoms. The van der Waals surface area contributed by atoms with Crippen molar-refractivity contribution in [1.82, 2.24) is 0 Å². The van der Waals surface area contributed by atoms with Crippen LogP contribution in [0.5, 0.6) is 0 Å². The number of hydrogen-bond donors (Lipinski definition) is 0. The van der Waals surface area contributed by atoms with E-state index in [0.29, 0.717) is 13.2 Å². The Morgan fingerprint density at radius 2 is 2.05 bits per heavy atom. The van der Waals surface area contributed by atoms with Gasteiger partial charge in [-0.3, -0.25) is 0 Å². The molecule has 2 aliphatic rings. The minimum atomic E-state index is -0.541. The van der Waals surface area contributed by atoms with Crippen LogP contribution in [0.4, 0.5) is 0 Å². The van der Waals surface area contributed by atoms with Crippen LogP contribution in [0.3, 0.4) is 0 Å². The molecule has 0 unspecified atom stereocenters. The van der Waals surface area contributed by atoms with Crippen molar-refractivity contribution >= 4 is 0 Å². The first-order valence-electron chi connectivity index (χ1n) is 6.93. The van der Waals surface area contributed by atoms with Crippen LogP contribution in [0.1, 0.15) is 19.4 Å². The topological polar surface area (TPSA) is 36.9 Å². The summed E-state index contributed by atoms with van der Waals surface area (Å²) in [5, 5.41) is 0. The Balaban J connectivity index is 1.57. The van der Waals surface area contributed by atoms with Gasteiger partial charge in [-0.2, -0.15) is 0 Å². The van der Waals surface area contributed by atoms with E-state index in [9.17, 15) is 0 Å². The van der Waals surface area contributed by atoms with Gasteiger partial charge < -0.3 is 18.9 Å². The van der Waals surface area contributed by atoms with E-state index in [2.05, 4.69) is 0 Å². The number of hydrogen-bond acceptors (Lipinski definition) is 4. The zero-order valence-corrected chi connectivity index (χ0v) is 11.8. The molecule has 3 atom stereocenters. The lowest BCUT2D eigenvalue weighted by atomic mass is 10.1. The van der Waals surface area contributed by atoms with E-state index in [1.165, 1.54) is 0 Å². The van der Waals surface area contributed by atoms with Gasteiger partial charge in [0, 0.05) is 0 Å². The van der Waals surface area contributed by atoms with Crippen molar-refractivity contribution in [3.05, 3.63) is 48.2 Å². The van der Waals surface area contributed by atoms with Gasteiger partial charge in [-0.15, -0.1) is 0 Å². The number of ether oxygens (including phenoxy) is 4. The molecule has 1 aromatic carbocycles. The summed E-state index contributed by atoms with van der Waals surface area (Å²) in [6.45, 7) is 4.92. The maximum Gasteiger partial charge on any atom is 0.163 e. The van der Waals surface area contributed by atoms with Crippen LogP contribution in [-0.4, -0.2) is 30.7 Å². The van der Waals surface area contributed by atoms with Gasteiger partial charge in [0.2, 0.25) is 0 Å². The van der Waals surface area contributed by atoms with Crippen LogP contribution in [0.2, 0.25) is 0 Å². The van der Waals surface area contributed by atoms with Crippen LogP contribution >= 0.6 is 0 Å². The SMILES string of the molecule is CC1(C)OC[C@H]([C@H]2OC=C[C@@H]2OCc2ccccc2)O1. The second kappa shape index (κ2) is 5.56. The third-order valence-electron chi connectivity index (χ3n) is 3.51. The predicted octanol–water partition coefficient (Wildman–Crippen LogP) is 2.64. The average molecular weight is 276 g/mol. The third-order valence-corrected chi connectivity index (χ3v) is 3.51. The Bertz CT molecular complexity index is 469. The van der Waals surface area contributed by atoms with E-state index in [-0.39, 0.29) is 18.3 Å². The van der Waals surface area contributed by atoms with Crippen molar-refractivity contribution in [3.63, 3.8) is 0 Å². The molecule has 20 heavy (non-hydrogen) atoms. The van der Waals surface area contributed by atoms with Gasteiger partial charge >= 0.3 is 0 Å². The van der Waals surface area contributed by atoms with Gasteiger partial charge in [0.15, 0.2) is 11.9 Å². The van der Waals surface area contributed by atoms with Crippen molar-refractivity contribution in [2.45, 2.75) is 44.6 Å². The van der Waals surface area contributed by atoms with E-state index in [4.69, 9.17) is 18.9 Å². The van der Waals surface area contributed by atoms with E-state index >= 15 is 0 Å². The standard InChI is InChI=1S/C16H20O4/c1-16(2)19-11-14(20-16)15-13(8-9-17-15)18-10-12-6-4-3-5-7-12/h3-9,13-15H,10-11H2,1-2H3/t13-,14+,15-/m0/s1. The Hall–Kier alpha value is -1.36. The first kappa shape index (κ1) is 13.6. The molecule has 0 N–H and O–H groups in total. The molecule has 1 aromatic rings. The second-order valence-corrected chi connectivity index (χ2v) is 5.56. The molecular weight excluding hydrogens is 256 g/mol. The van der Waals surface area contributed by atoms with E-state index in [0.717, 1.165) is 5.56 Å². The maximum absolute atomic E-state index is 5.93. The zero-order valence-electron chi connectivity index (χ0n) is 11.8. The van der Waals surface area contributed by atoms with Crippen LogP contribution < -0.4 is 0 Å². The van der Waals surface area contributed by atoms with Crippen LogP contribution in [-0.2, 0) is 25.6 Å². The summed E-state index contributed by atoms with van der Waals surface area (Å²) in [7, 11) is 0. The summed E-state index contributed by atoms with van der Waals surface area (Å²) in [5.41, 5.74) is 1.15. The zero-order chi connectivity index (χ0) is 14.0. The smallest absolute Gasteiger partial charge is 0.163 e. The lowest BCUT2D eigenvalue weighted by Gasteiger charge is -2.25. The summed E-state index contributed by atoms with van der Waals surface area (Å²) >= 11 is 0. The Labute approximate surface area is 119 Å². The molecule has 2 aliphatic heterocycles. The lowest BCUT2D eigenvalue weighted by Crippen LogP contribution is -2.39. The molecule has 4 heteroatoms. The predicted molar refractivity (Wildman–Crippen MR) is 73.9 cm³/mol.